The van der Waals surface area contributed by atoms with Crippen LogP contribution in [0, 0.1) is 10.4 Å². The Labute approximate surface area is 39.5 Å². The van der Waals surface area contributed by atoms with Gasteiger partial charge in [0.2, 0.25) is 0 Å². The van der Waals surface area contributed by atoms with Crippen LogP contribution in [0.2, 0.25) is 0 Å². The molecule has 0 aromatic heterocycles. The van der Waals surface area contributed by atoms with Gasteiger partial charge in [0.15, 0.2) is 6.79 Å². The highest BCUT2D eigenvalue weighted by Gasteiger charge is 1.69. The fourth-order valence-corrected chi connectivity index (χ4v) is 0.0776. The predicted octanol–water partition coefficient (Wildman–Crippen LogP) is -1.02. The van der Waals surface area contributed by atoms with Crippen LogP contribution in [0.5, 0.6) is 0 Å². The Morgan fingerprint density at radius 3 is 1.86 bits per heavy atom. The summed E-state index contributed by atoms with van der Waals surface area (Å²) in [6.07, 6.45) is 0. The van der Waals surface area contributed by atoms with Crippen molar-refractivity contribution >= 4 is 0 Å². The third kappa shape index (κ3) is 5.76. The Hall–Kier alpha value is -0.240. The molecule has 0 radical (unpaired) electrons. The highest BCUT2D eigenvalue weighted by molar-refractivity contribution is 4.13. The molecule has 0 unspecified atom stereocenters. The van der Waals surface area contributed by atoms with Crippen LogP contribution >= 0.6 is 0 Å². The molecule has 0 bridgehead atoms. The van der Waals surface area contributed by atoms with E-state index in [4.69, 9.17) is 10.4 Å². The van der Waals surface area contributed by atoms with Crippen molar-refractivity contribution in [1.82, 2.24) is 11.3 Å². The minimum atomic E-state index is -0.410. The summed E-state index contributed by atoms with van der Waals surface area (Å²) >= 11 is 0. The fraction of sp³-hybridized carbons (Fsp3) is 1.00. The van der Waals surface area contributed by atoms with Gasteiger partial charge in [0, 0.05) is 0 Å². The van der Waals surface area contributed by atoms with Crippen LogP contribution in [-0.4, -0.2) is 6.79 Å². The zero-order chi connectivity index (χ0) is 5.54. The summed E-state index contributed by atoms with van der Waals surface area (Å²) in [7, 11) is 0. The summed E-state index contributed by atoms with van der Waals surface area (Å²) in [4.78, 5) is 7.57. The molecule has 0 heterocycles. The van der Waals surface area contributed by atoms with E-state index in [0.29, 0.717) is 0 Å². The lowest BCUT2D eigenvalue weighted by Crippen LogP contribution is -2.14. The van der Waals surface area contributed by atoms with Gasteiger partial charge in [-0.15, -0.1) is 0 Å². The molecule has 0 aromatic rings. The average Bonchev–Trinajstić information content (AvgIpc) is 1.69. The smallest absolute Gasteiger partial charge is 0.184 e. The van der Waals surface area contributed by atoms with Gasteiger partial charge in [-0.25, -0.2) is 0 Å². The molecule has 44 valence electrons. The summed E-state index contributed by atoms with van der Waals surface area (Å²) in [6, 6.07) is 0. The lowest BCUT2D eigenvalue weighted by Gasteiger charge is -2.09. The van der Waals surface area contributed by atoms with Crippen molar-refractivity contribution in [3.63, 3.8) is 0 Å². The van der Waals surface area contributed by atoms with E-state index in [9.17, 15) is 0 Å². The quantitative estimate of drug-likeness (QED) is 0.272. The molecule has 0 aliphatic rings. The van der Waals surface area contributed by atoms with Gasteiger partial charge in [-0.05, 0) is 0 Å². The first kappa shape index (κ1) is 6.76. The molecule has 0 amide bonds. The third-order valence-corrected chi connectivity index (χ3v) is 0.236. The summed E-state index contributed by atoms with van der Waals surface area (Å²) in [5.41, 5.74) is 2.10. The van der Waals surface area contributed by atoms with Gasteiger partial charge < -0.3 is 10.4 Å². The zero-order valence-corrected chi connectivity index (χ0v) is 3.34. The first-order valence-electron chi connectivity index (χ1n) is 1.39. The zero-order valence-electron chi connectivity index (χ0n) is 3.34. The largest absolute Gasteiger partial charge is 0.765 e. The van der Waals surface area contributed by atoms with Gasteiger partial charge in [-0.2, -0.15) is 0 Å². The van der Waals surface area contributed by atoms with E-state index in [1.54, 1.807) is 0 Å². The average molecular weight is 108 g/mol. The molecule has 0 spiro atoms. The van der Waals surface area contributed by atoms with E-state index < -0.39 is 6.79 Å². The molecule has 0 aliphatic carbocycles. The second-order valence-electron chi connectivity index (χ2n) is 0.573. The molecular formula is CH4N2O4-2. The maximum absolute atomic E-state index is 9.12. The monoisotopic (exact) mass is 108 g/mol. The van der Waals surface area contributed by atoms with Crippen LogP contribution in [0.15, 0.2) is 0 Å². The van der Waals surface area contributed by atoms with Crippen LogP contribution in [0.25, 0.3) is 0 Å². The molecule has 0 saturated carbocycles. The van der Waals surface area contributed by atoms with Crippen molar-refractivity contribution in [2.24, 2.45) is 0 Å². The summed E-state index contributed by atoms with van der Waals surface area (Å²) in [5, 5.41) is 18.2. The van der Waals surface area contributed by atoms with Crippen molar-refractivity contribution in [1.29, 1.82) is 0 Å². The Bertz CT molecular complexity index is 28.9. The van der Waals surface area contributed by atoms with E-state index in [-0.39, 0.29) is 0 Å². The second-order valence-corrected chi connectivity index (χ2v) is 0.573. The van der Waals surface area contributed by atoms with Gasteiger partial charge in [0.05, 0.1) is 0 Å². The molecular weight excluding hydrogens is 104 g/mol. The molecule has 0 aliphatic heterocycles. The topological polar surface area (TPSA) is 88.6 Å². The fourth-order valence-electron chi connectivity index (χ4n) is 0.0776. The lowest BCUT2D eigenvalue weighted by atomic mass is 11.5. The molecule has 0 fully saturated rings. The van der Waals surface area contributed by atoms with E-state index in [0.717, 1.165) is 11.3 Å². The first-order chi connectivity index (χ1) is 3.41. The van der Waals surface area contributed by atoms with Crippen LogP contribution in [0.4, 0.5) is 0 Å². The Balaban J connectivity index is 2.45. The molecule has 6 nitrogen and oxygen atoms in total. The summed E-state index contributed by atoms with van der Waals surface area (Å²) in [5.74, 6) is 0. The standard InChI is InChI=1S/CH4N2O4/c4-2-6-1-7-3-5/h2-3H,1H2/q-2. The van der Waals surface area contributed by atoms with Crippen LogP contribution < -0.4 is 11.3 Å². The molecule has 0 rings (SSSR count). The van der Waals surface area contributed by atoms with E-state index in [1.165, 1.54) is 0 Å². The van der Waals surface area contributed by atoms with Gasteiger partial charge in [-0.1, -0.05) is 0 Å². The van der Waals surface area contributed by atoms with Gasteiger partial charge >= 0.3 is 0 Å². The third-order valence-electron chi connectivity index (χ3n) is 0.236. The Morgan fingerprint density at radius 1 is 1.14 bits per heavy atom. The van der Waals surface area contributed by atoms with Crippen LogP contribution in [0.3, 0.4) is 0 Å². The van der Waals surface area contributed by atoms with E-state index >= 15 is 0 Å². The van der Waals surface area contributed by atoms with E-state index in [1.807, 2.05) is 0 Å². The molecule has 0 saturated heterocycles. The predicted molar refractivity (Wildman–Crippen MR) is 20.0 cm³/mol. The maximum atomic E-state index is 9.12. The highest BCUT2D eigenvalue weighted by atomic mass is 16.9. The Morgan fingerprint density at radius 2 is 1.57 bits per heavy atom. The van der Waals surface area contributed by atoms with Crippen molar-refractivity contribution in [2.75, 3.05) is 6.79 Å². The molecule has 6 heteroatoms. The van der Waals surface area contributed by atoms with E-state index in [2.05, 4.69) is 9.68 Å². The van der Waals surface area contributed by atoms with Crippen molar-refractivity contribution in [3.8, 4) is 0 Å². The van der Waals surface area contributed by atoms with Gasteiger partial charge in [0.25, 0.3) is 0 Å². The number of hydrogen-bond donors (Lipinski definition) is 2. The summed E-state index contributed by atoms with van der Waals surface area (Å²) in [6.45, 7) is -0.410. The van der Waals surface area contributed by atoms with Crippen molar-refractivity contribution in [2.45, 2.75) is 0 Å². The lowest BCUT2D eigenvalue weighted by molar-refractivity contribution is -0.112. The normalized spacial score (nSPS) is 9.43. The number of nitrogens with one attached hydrogen (secondary N) is 2. The van der Waals surface area contributed by atoms with Gasteiger partial charge in [0.1, 0.15) is 0 Å². The van der Waals surface area contributed by atoms with Crippen molar-refractivity contribution in [3.05, 3.63) is 10.4 Å². The highest BCUT2D eigenvalue weighted by Crippen LogP contribution is 1.62. The minimum absolute atomic E-state index is 0.410. The minimum Gasteiger partial charge on any atom is -0.765 e. The molecule has 2 N–H and O–H groups in total. The second kappa shape index (κ2) is 5.76. The van der Waals surface area contributed by atoms with Gasteiger partial charge in [-0.3, -0.25) is 21.0 Å². The maximum Gasteiger partial charge on any atom is 0.184 e. The SMILES string of the molecule is [O-]NOCON[O-]. The molecule has 7 heavy (non-hydrogen) atoms. The number of rotatable bonds is 4. The number of hydrogen-bond acceptors (Lipinski definition) is 6. The molecule has 0 aromatic carbocycles. The first-order valence-corrected chi connectivity index (χ1v) is 1.39. The van der Waals surface area contributed by atoms with Crippen LogP contribution in [0.1, 0.15) is 0 Å². The Kier molecular flexibility index (Phi) is 5.56. The molecule has 0 atom stereocenters. The summed E-state index contributed by atoms with van der Waals surface area (Å²) < 4.78 is 0. The van der Waals surface area contributed by atoms with Crippen LogP contribution in [-0.2, 0) is 9.68 Å². The van der Waals surface area contributed by atoms with Crippen molar-refractivity contribution < 1.29 is 9.68 Å².